The fraction of sp³-hybridized carbons (Fsp3) is 0.727. The second kappa shape index (κ2) is 5.77. The Bertz CT molecular complexity index is 371. The Morgan fingerprint density at radius 2 is 2.53 bits per heavy atom. The topological polar surface area (TPSA) is 80.0 Å². The van der Waals surface area contributed by atoms with Gasteiger partial charge in [0.1, 0.15) is 0 Å². The monoisotopic (exact) mass is 238 g/mol. The van der Waals surface area contributed by atoms with Gasteiger partial charge in [-0.3, -0.25) is 4.79 Å². The second-order valence-corrected chi connectivity index (χ2v) is 4.21. The number of carbonyl (C=O) groups is 1. The van der Waals surface area contributed by atoms with Crippen molar-refractivity contribution in [3.8, 4) is 0 Å². The van der Waals surface area contributed by atoms with Crippen molar-refractivity contribution in [3.63, 3.8) is 0 Å². The summed E-state index contributed by atoms with van der Waals surface area (Å²) in [5.74, 6) is 0.388. The molecule has 1 aliphatic rings. The molecule has 1 fully saturated rings. The van der Waals surface area contributed by atoms with Crippen molar-refractivity contribution in [3.05, 3.63) is 11.7 Å². The van der Waals surface area contributed by atoms with Crippen LogP contribution < -0.4 is 10.6 Å². The van der Waals surface area contributed by atoms with Gasteiger partial charge in [0.2, 0.25) is 5.89 Å². The molecule has 1 aromatic rings. The van der Waals surface area contributed by atoms with Crippen LogP contribution >= 0.6 is 0 Å². The molecule has 6 nitrogen and oxygen atoms in total. The average Bonchev–Trinajstić information content (AvgIpc) is 3.00. The molecule has 0 aromatic carbocycles. The van der Waals surface area contributed by atoms with Crippen LogP contribution in [0.2, 0.25) is 0 Å². The highest BCUT2D eigenvalue weighted by Gasteiger charge is 2.23. The van der Waals surface area contributed by atoms with Crippen molar-refractivity contribution in [2.75, 3.05) is 13.1 Å². The summed E-state index contributed by atoms with van der Waals surface area (Å²) in [5.41, 5.74) is 0. The zero-order valence-electron chi connectivity index (χ0n) is 10.0. The minimum absolute atomic E-state index is 0.111. The minimum Gasteiger partial charge on any atom is -0.349 e. The van der Waals surface area contributed by atoms with Crippen molar-refractivity contribution in [2.45, 2.75) is 38.6 Å². The van der Waals surface area contributed by atoms with Crippen LogP contribution in [0.4, 0.5) is 0 Å². The molecule has 1 aliphatic heterocycles. The Balaban J connectivity index is 1.90. The van der Waals surface area contributed by atoms with Crippen LogP contribution in [-0.2, 0) is 0 Å². The van der Waals surface area contributed by atoms with Gasteiger partial charge in [-0.05, 0) is 25.8 Å². The van der Waals surface area contributed by atoms with E-state index < -0.39 is 0 Å². The number of hydrogen-bond donors (Lipinski definition) is 2. The molecule has 0 saturated carbocycles. The molecule has 1 unspecified atom stereocenters. The Hall–Kier alpha value is -1.43. The molecular weight excluding hydrogens is 220 g/mol. The Labute approximate surface area is 100 Å². The van der Waals surface area contributed by atoms with Gasteiger partial charge in [-0.15, -0.1) is 0 Å². The number of amides is 1. The third-order valence-corrected chi connectivity index (χ3v) is 2.82. The molecule has 94 valence electrons. The van der Waals surface area contributed by atoms with E-state index in [9.17, 15) is 4.79 Å². The zero-order valence-corrected chi connectivity index (χ0v) is 10.0. The Kier molecular flexibility index (Phi) is 4.08. The lowest BCUT2D eigenvalue weighted by molar-refractivity contribution is 0.0940. The molecule has 0 spiro atoms. The molecule has 0 aliphatic carbocycles. The van der Waals surface area contributed by atoms with Crippen molar-refractivity contribution in [1.29, 1.82) is 0 Å². The largest absolute Gasteiger partial charge is 0.349 e. The summed E-state index contributed by atoms with van der Waals surface area (Å²) in [6.07, 6.45) is 4.09. The standard InChI is InChI=1S/C11H18N4O2/c1-2-3-6-13-10(16)9-14-11(17-15-9)8-5-4-7-12-8/h8,12H,2-7H2,1H3,(H,13,16). The lowest BCUT2D eigenvalue weighted by Crippen LogP contribution is -2.25. The van der Waals surface area contributed by atoms with Crippen molar-refractivity contribution in [2.24, 2.45) is 0 Å². The lowest BCUT2D eigenvalue weighted by atomic mass is 10.2. The van der Waals surface area contributed by atoms with Crippen LogP contribution in [-0.4, -0.2) is 29.1 Å². The summed E-state index contributed by atoms with van der Waals surface area (Å²) >= 11 is 0. The maximum Gasteiger partial charge on any atom is 0.292 e. The molecule has 1 amide bonds. The van der Waals surface area contributed by atoms with E-state index in [-0.39, 0.29) is 17.8 Å². The summed E-state index contributed by atoms with van der Waals surface area (Å²) in [6, 6.07) is 0.111. The van der Waals surface area contributed by atoms with Gasteiger partial charge in [0.05, 0.1) is 6.04 Å². The number of rotatable bonds is 5. The minimum atomic E-state index is -0.258. The number of carbonyl (C=O) groups excluding carboxylic acids is 1. The van der Waals surface area contributed by atoms with E-state index in [4.69, 9.17) is 4.52 Å². The van der Waals surface area contributed by atoms with Crippen molar-refractivity contribution >= 4 is 5.91 Å². The molecule has 6 heteroatoms. The first-order valence-corrected chi connectivity index (χ1v) is 6.16. The smallest absolute Gasteiger partial charge is 0.292 e. The van der Waals surface area contributed by atoms with Crippen LogP contribution in [0.15, 0.2) is 4.52 Å². The summed E-state index contributed by atoms with van der Waals surface area (Å²) < 4.78 is 5.09. The van der Waals surface area contributed by atoms with Gasteiger partial charge in [0.25, 0.3) is 11.7 Å². The second-order valence-electron chi connectivity index (χ2n) is 4.21. The molecular formula is C11H18N4O2. The third-order valence-electron chi connectivity index (χ3n) is 2.82. The van der Waals surface area contributed by atoms with Gasteiger partial charge >= 0.3 is 0 Å². The van der Waals surface area contributed by atoms with E-state index in [1.165, 1.54) is 0 Å². The number of unbranched alkanes of at least 4 members (excludes halogenated alkanes) is 1. The predicted molar refractivity (Wildman–Crippen MR) is 61.5 cm³/mol. The molecule has 2 N–H and O–H groups in total. The van der Waals surface area contributed by atoms with Crippen LogP contribution in [0.3, 0.4) is 0 Å². The van der Waals surface area contributed by atoms with E-state index in [1.54, 1.807) is 0 Å². The van der Waals surface area contributed by atoms with Gasteiger partial charge in [-0.1, -0.05) is 18.5 Å². The van der Waals surface area contributed by atoms with Crippen molar-refractivity contribution < 1.29 is 9.32 Å². The SMILES string of the molecule is CCCCNC(=O)c1noc(C2CCCN2)n1. The van der Waals surface area contributed by atoms with Gasteiger partial charge in [0.15, 0.2) is 0 Å². The summed E-state index contributed by atoms with van der Waals surface area (Å²) in [6.45, 7) is 3.69. The highest BCUT2D eigenvalue weighted by atomic mass is 16.5. The average molecular weight is 238 g/mol. The molecule has 1 atom stereocenters. The normalized spacial score (nSPS) is 19.5. The molecule has 1 aromatic heterocycles. The molecule has 2 rings (SSSR count). The van der Waals surface area contributed by atoms with Crippen LogP contribution in [0, 0.1) is 0 Å². The van der Waals surface area contributed by atoms with E-state index in [2.05, 4.69) is 27.7 Å². The summed E-state index contributed by atoms with van der Waals surface area (Å²) in [7, 11) is 0. The predicted octanol–water partition coefficient (Wildman–Crippen LogP) is 1.02. The number of nitrogens with one attached hydrogen (secondary N) is 2. The van der Waals surface area contributed by atoms with Gasteiger partial charge in [0, 0.05) is 6.54 Å². The van der Waals surface area contributed by atoms with E-state index in [1.807, 2.05) is 0 Å². The van der Waals surface area contributed by atoms with Crippen LogP contribution in [0.1, 0.15) is 55.2 Å². The maximum atomic E-state index is 11.6. The first kappa shape index (κ1) is 12.0. The fourth-order valence-corrected chi connectivity index (χ4v) is 1.82. The molecule has 1 saturated heterocycles. The molecule has 2 heterocycles. The van der Waals surface area contributed by atoms with Gasteiger partial charge in [-0.25, -0.2) is 0 Å². The molecule has 17 heavy (non-hydrogen) atoms. The lowest BCUT2D eigenvalue weighted by Gasteiger charge is -2.01. The fourth-order valence-electron chi connectivity index (χ4n) is 1.82. The molecule has 0 bridgehead atoms. The summed E-state index contributed by atoms with van der Waals surface area (Å²) in [5, 5.41) is 9.71. The number of nitrogens with zero attached hydrogens (tertiary/aromatic N) is 2. The third kappa shape index (κ3) is 3.03. The highest BCUT2D eigenvalue weighted by Crippen LogP contribution is 2.20. The quantitative estimate of drug-likeness (QED) is 0.749. The van der Waals surface area contributed by atoms with E-state index >= 15 is 0 Å². The maximum absolute atomic E-state index is 11.6. The first-order chi connectivity index (χ1) is 8.31. The molecule has 0 radical (unpaired) electrons. The zero-order chi connectivity index (χ0) is 12.1. The van der Waals surface area contributed by atoms with E-state index in [0.29, 0.717) is 12.4 Å². The Morgan fingerprint density at radius 3 is 3.24 bits per heavy atom. The van der Waals surface area contributed by atoms with E-state index in [0.717, 1.165) is 32.2 Å². The van der Waals surface area contributed by atoms with Crippen LogP contribution in [0.25, 0.3) is 0 Å². The number of aromatic nitrogens is 2. The van der Waals surface area contributed by atoms with Crippen molar-refractivity contribution in [1.82, 2.24) is 20.8 Å². The number of hydrogen-bond acceptors (Lipinski definition) is 5. The van der Waals surface area contributed by atoms with Gasteiger partial charge in [-0.2, -0.15) is 4.98 Å². The Morgan fingerprint density at radius 1 is 1.65 bits per heavy atom. The first-order valence-electron chi connectivity index (χ1n) is 6.16. The summed E-state index contributed by atoms with van der Waals surface area (Å²) in [4.78, 5) is 15.7. The van der Waals surface area contributed by atoms with Crippen LogP contribution in [0.5, 0.6) is 0 Å². The van der Waals surface area contributed by atoms with Gasteiger partial charge < -0.3 is 15.2 Å². The highest BCUT2D eigenvalue weighted by molar-refractivity contribution is 5.90.